The fourth-order valence-corrected chi connectivity index (χ4v) is 4.96. The molecule has 0 amide bonds. The maximum Gasteiger partial charge on any atom is 0.331 e. The SMILES string of the molecule is CC1(C(=O)O)C=CC=C(C(=O)O)C1.Cl.c1ccc(-n2ncc3ccc(-c4cccc(N5CCNCC5)c4)cc32)cc1. The van der Waals surface area contributed by atoms with Crippen molar-refractivity contribution in [1.29, 1.82) is 0 Å². The first kappa shape index (κ1) is 29.6. The van der Waals surface area contributed by atoms with E-state index in [1.54, 1.807) is 0 Å². The summed E-state index contributed by atoms with van der Waals surface area (Å²) in [6, 6.07) is 25.7. The van der Waals surface area contributed by atoms with Gasteiger partial charge in [0, 0.05) is 42.8 Å². The number of carbonyl (C=O) groups is 2. The van der Waals surface area contributed by atoms with Crippen LogP contribution in [0.25, 0.3) is 27.7 Å². The number of halogens is 1. The topological polar surface area (TPSA) is 108 Å². The molecule has 3 aromatic carbocycles. The molecule has 0 bridgehead atoms. The zero-order valence-electron chi connectivity index (χ0n) is 22.7. The third kappa shape index (κ3) is 6.67. The Labute approximate surface area is 245 Å². The molecule has 0 spiro atoms. The molecule has 2 aliphatic rings. The fourth-order valence-electron chi connectivity index (χ4n) is 4.96. The molecule has 41 heavy (non-hydrogen) atoms. The Bertz CT molecular complexity index is 1590. The number of piperazine rings is 1. The molecule has 1 aromatic heterocycles. The molecule has 212 valence electrons. The van der Waals surface area contributed by atoms with E-state index in [9.17, 15) is 9.59 Å². The van der Waals surface area contributed by atoms with Crippen LogP contribution in [0.5, 0.6) is 0 Å². The van der Waals surface area contributed by atoms with E-state index >= 15 is 0 Å². The minimum absolute atomic E-state index is 0. The minimum Gasteiger partial charge on any atom is -0.481 e. The van der Waals surface area contributed by atoms with Crippen LogP contribution in [0.1, 0.15) is 13.3 Å². The summed E-state index contributed by atoms with van der Waals surface area (Å²) in [4.78, 5) is 23.8. The number of hydrogen-bond acceptors (Lipinski definition) is 5. The molecule has 4 aromatic rings. The summed E-state index contributed by atoms with van der Waals surface area (Å²) in [5, 5.41) is 26.6. The standard InChI is InChI=1S/C23H22N4.C9H10O4.ClH/c1-2-6-21(7-3-1)27-23-16-19(9-10-20(23)17-25-27)18-5-4-8-22(15-18)26-13-11-24-12-14-26;1-9(8(12)13)4-2-3-6(5-9)7(10)11;/h1-10,15-17,24H,11-14H2;2-4H,5H2,1H3,(H,10,11)(H,12,13);1H. The van der Waals surface area contributed by atoms with E-state index in [-0.39, 0.29) is 24.4 Å². The van der Waals surface area contributed by atoms with Gasteiger partial charge >= 0.3 is 11.9 Å². The van der Waals surface area contributed by atoms with Crippen molar-refractivity contribution >= 4 is 40.9 Å². The zero-order chi connectivity index (χ0) is 28.1. The number of rotatable bonds is 5. The van der Waals surface area contributed by atoms with Crippen molar-refractivity contribution in [1.82, 2.24) is 15.1 Å². The lowest BCUT2D eigenvalue weighted by Crippen LogP contribution is -2.43. The molecule has 0 radical (unpaired) electrons. The lowest BCUT2D eigenvalue weighted by Gasteiger charge is -2.29. The summed E-state index contributed by atoms with van der Waals surface area (Å²) in [5.74, 6) is -2.06. The predicted octanol–water partition coefficient (Wildman–Crippen LogP) is 5.57. The van der Waals surface area contributed by atoms with Crippen LogP contribution in [0, 0.1) is 5.41 Å². The Morgan fingerprint density at radius 3 is 2.32 bits per heavy atom. The van der Waals surface area contributed by atoms with E-state index < -0.39 is 17.4 Å². The number of benzene rings is 3. The molecule has 8 nitrogen and oxygen atoms in total. The normalized spacial score (nSPS) is 18.1. The molecule has 0 saturated carbocycles. The third-order valence-corrected chi connectivity index (χ3v) is 7.32. The van der Waals surface area contributed by atoms with Crippen LogP contribution in [0.3, 0.4) is 0 Å². The molecule has 1 unspecified atom stereocenters. The van der Waals surface area contributed by atoms with Gasteiger partial charge in [0.2, 0.25) is 0 Å². The highest BCUT2D eigenvalue weighted by Gasteiger charge is 2.34. The number of allylic oxidation sites excluding steroid dienone is 2. The molecule has 1 aliphatic heterocycles. The van der Waals surface area contributed by atoms with Crippen molar-refractivity contribution in [2.24, 2.45) is 5.41 Å². The van der Waals surface area contributed by atoms with Gasteiger partial charge in [-0.1, -0.05) is 60.7 Å². The van der Waals surface area contributed by atoms with Gasteiger partial charge < -0.3 is 20.4 Å². The molecular formula is C32H33ClN4O4. The lowest BCUT2D eigenvalue weighted by atomic mass is 9.80. The predicted molar refractivity (Wildman–Crippen MR) is 164 cm³/mol. The van der Waals surface area contributed by atoms with Crippen molar-refractivity contribution in [2.45, 2.75) is 13.3 Å². The van der Waals surface area contributed by atoms with Gasteiger partial charge in [-0.05, 0) is 54.8 Å². The monoisotopic (exact) mass is 572 g/mol. The van der Waals surface area contributed by atoms with Gasteiger partial charge in [-0.2, -0.15) is 5.10 Å². The molecular weight excluding hydrogens is 540 g/mol. The van der Waals surface area contributed by atoms with E-state index in [0.717, 1.165) is 42.8 Å². The second-order valence-corrected chi connectivity index (χ2v) is 10.2. The van der Waals surface area contributed by atoms with E-state index in [4.69, 9.17) is 10.2 Å². The van der Waals surface area contributed by atoms with Crippen molar-refractivity contribution in [3.8, 4) is 16.8 Å². The smallest absolute Gasteiger partial charge is 0.331 e. The number of para-hydroxylation sites is 1. The van der Waals surface area contributed by atoms with Crippen LogP contribution in [-0.4, -0.2) is 58.1 Å². The molecule has 1 aliphatic carbocycles. The van der Waals surface area contributed by atoms with Gasteiger partial charge in [0.1, 0.15) is 0 Å². The number of hydrogen-bond donors (Lipinski definition) is 3. The molecule has 2 heterocycles. The highest BCUT2D eigenvalue weighted by atomic mass is 35.5. The van der Waals surface area contributed by atoms with Gasteiger partial charge in [-0.15, -0.1) is 12.4 Å². The van der Waals surface area contributed by atoms with Crippen molar-refractivity contribution < 1.29 is 19.8 Å². The number of anilines is 1. The molecule has 3 N–H and O–H groups in total. The maximum absolute atomic E-state index is 10.8. The first-order chi connectivity index (χ1) is 19.3. The van der Waals surface area contributed by atoms with Gasteiger partial charge in [0.25, 0.3) is 0 Å². The van der Waals surface area contributed by atoms with E-state index in [2.05, 4.69) is 69.9 Å². The second kappa shape index (κ2) is 12.8. The van der Waals surface area contributed by atoms with E-state index in [0.29, 0.717) is 0 Å². The number of aromatic nitrogens is 2. The Balaban J connectivity index is 0.000000236. The Hall–Kier alpha value is -4.40. The summed E-state index contributed by atoms with van der Waals surface area (Å²) < 4.78 is 2.01. The van der Waals surface area contributed by atoms with Crippen LogP contribution < -0.4 is 10.2 Å². The summed E-state index contributed by atoms with van der Waals surface area (Å²) >= 11 is 0. The number of carboxylic acid groups (broad SMARTS) is 2. The fraction of sp³-hybridized carbons (Fsp3) is 0.219. The summed E-state index contributed by atoms with van der Waals surface area (Å²) in [5.41, 5.74) is 5.03. The van der Waals surface area contributed by atoms with Gasteiger partial charge in [0.05, 0.1) is 22.8 Å². The van der Waals surface area contributed by atoms with E-state index in [1.165, 1.54) is 42.0 Å². The summed E-state index contributed by atoms with van der Waals surface area (Å²) in [7, 11) is 0. The molecule has 1 fully saturated rings. The lowest BCUT2D eigenvalue weighted by molar-refractivity contribution is -0.145. The average molecular weight is 573 g/mol. The number of fused-ring (bicyclic) bond motifs is 1. The number of nitrogens with zero attached hydrogens (tertiary/aromatic N) is 3. The first-order valence-electron chi connectivity index (χ1n) is 13.3. The third-order valence-electron chi connectivity index (χ3n) is 7.32. The Morgan fingerprint density at radius 2 is 1.61 bits per heavy atom. The van der Waals surface area contributed by atoms with Crippen LogP contribution in [0.2, 0.25) is 0 Å². The summed E-state index contributed by atoms with van der Waals surface area (Å²) in [6.45, 7) is 5.72. The number of nitrogens with one attached hydrogen (secondary N) is 1. The van der Waals surface area contributed by atoms with Gasteiger partial charge in [-0.3, -0.25) is 4.79 Å². The van der Waals surface area contributed by atoms with Crippen molar-refractivity contribution in [2.75, 3.05) is 31.1 Å². The molecule has 6 rings (SSSR count). The molecule has 1 saturated heterocycles. The molecule has 9 heteroatoms. The first-order valence-corrected chi connectivity index (χ1v) is 13.3. The quantitative estimate of drug-likeness (QED) is 0.287. The zero-order valence-corrected chi connectivity index (χ0v) is 23.6. The second-order valence-electron chi connectivity index (χ2n) is 10.2. The van der Waals surface area contributed by atoms with Gasteiger partial charge in [-0.25, -0.2) is 9.48 Å². The van der Waals surface area contributed by atoms with Crippen LogP contribution in [0.4, 0.5) is 5.69 Å². The number of carboxylic acids is 2. The summed E-state index contributed by atoms with van der Waals surface area (Å²) in [6.07, 6.45) is 6.37. The van der Waals surface area contributed by atoms with Crippen molar-refractivity contribution in [3.05, 3.63) is 103 Å². The molecule has 1 atom stereocenters. The Morgan fingerprint density at radius 1 is 0.902 bits per heavy atom. The average Bonchev–Trinajstić information content (AvgIpc) is 3.42. The van der Waals surface area contributed by atoms with Gasteiger partial charge in [0.15, 0.2) is 0 Å². The van der Waals surface area contributed by atoms with Crippen LogP contribution in [-0.2, 0) is 9.59 Å². The van der Waals surface area contributed by atoms with Crippen LogP contribution >= 0.6 is 12.4 Å². The Kier molecular flexibility index (Phi) is 9.27. The number of aliphatic carboxylic acids is 2. The van der Waals surface area contributed by atoms with E-state index in [1.807, 2.05) is 29.1 Å². The van der Waals surface area contributed by atoms with Crippen LogP contribution in [0.15, 0.2) is 103 Å². The maximum atomic E-state index is 10.8. The minimum atomic E-state index is -1.08. The highest BCUT2D eigenvalue weighted by Crippen LogP contribution is 2.31. The van der Waals surface area contributed by atoms with Crippen molar-refractivity contribution in [3.63, 3.8) is 0 Å². The highest BCUT2D eigenvalue weighted by molar-refractivity contribution is 5.90. The largest absolute Gasteiger partial charge is 0.481 e.